The van der Waals surface area contributed by atoms with Crippen LogP contribution in [0.25, 0.3) is 11.3 Å². The average molecular weight is 460 g/mol. The number of aryl methyl sites for hydroxylation is 2. The Balaban J connectivity index is 1.71. The van der Waals surface area contributed by atoms with Gasteiger partial charge in [0.15, 0.2) is 11.5 Å². The molecule has 4 aromatic rings. The second-order valence-corrected chi connectivity index (χ2v) is 8.41. The van der Waals surface area contributed by atoms with Crippen molar-refractivity contribution in [3.8, 4) is 28.5 Å². The molecule has 34 heavy (non-hydrogen) atoms. The normalized spacial score (nSPS) is 15.1. The van der Waals surface area contributed by atoms with Crippen LogP contribution < -0.4 is 4.74 Å². The van der Waals surface area contributed by atoms with Crippen molar-refractivity contribution in [3.63, 3.8) is 0 Å². The van der Waals surface area contributed by atoms with E-state index in [4.69, 9.17) is 9.15 Å². The Morgan fingerprint density at radius 3 is 2.74 bits per heavy atom. The number of fused-ring (bicyclic) bond motifs is 1. The summed E-state index contributed by atoms with van der Waals surface area (Å²) < 4.78 is 11.1. The van der Waals surface area contributed by atoms with Gasteiger partial charge in [-0.05, 0) is 67.8 Å². The van der Waals surface area contributed by atoms with Crippen LogP contribution in [0.4, 0.5) is 0 Å². The van der Waals surface area contributed by atoms with Crippen molar-refractivity contribution in [2.75, 3.05) is 6.61 Å². The molecule has 3 heterocycles. The van der Waals surface area contributed by atoms with Crippen LogP contribution >= 0.6 is 0 Å². The molecule has 0 aliphatic carbocycles. The predicted molar refractivity (Wildman–Crippen MR) is 125 cm³/mol. The Labute approximate surface area is 196 Å². The van der Waals surface area contributed by atoms with Crippen molar-refractivity contribution in [1.29, 1.82) is 0 Å². The third kappa shape index (κ3) is 3.48. The standard InChI is InChI=1S/C26H25N3O5/c1-4-33-20-12-16(7-8-19(20)30)24-21-22(18-11-14(2)10-15(3)25(18)31)27-28-23(21)26(32)29(24)13-17-6-5-9-34-17/h5-12,24,30-31H,4,13H2,1-3H3,(H,27,28). The smallest absolute Gasteiger partial charge is 0.273 e. The molecule has 1 atom stereocenters. The summed E-state index contributed by atoms with van der Waals surface area (Å²) in [7, 11) is 0. The summed E-state index contributed by atoms with van der Waals surface area (Å²) in [5.74, 6) is 0.877. The number of aromatic amines is 1. The molecule has 174 valence electrons. The lowest BCUT2D eigenvalue weighted by molar-refractivity contribution is 0.0716. The van der Waals surface area contributed by atoms with E-state index < -0.39 is 6.04 Å². The van der Waals surface area contributed by atoms with Crippen molar-refractivity contribution in [2.45, 2.75) is 33.4 Å². The molecule has 8 nitrogen and oxygen atoms in total. The summed E-state index contributed by atoms with van der Waals surface area (Å²) in [5.41, 5.74) is 4.51. The highest BCUT2D eigenvalue weighted by molar-refractivity contribution is 6.00. The van der Waals surface area contributed by atoms with Gasteiger partial charge in [-0.15, -0.1) is 0 Å². The summed E-state index contributed by atoms with van der Waals surface area (Å²) in [6.07, 6.45) is 1.57. The second kappa shape index (κ2) is 8.30. The summed E-state index contributed by atoms with van der Waals surface area (Å²) >= 11 is 0. The Hall–Kier alpha value is -4.20. The maximum atomic E-state index is 13.5. The zero-order valence-electron chi connectivity index (χ0n) is 19.1. The fraction of sp³-hybridized carbons (Fsp3) is 0.231. The van der Waals surface area contributed by atoms with Crippen LogP contribution in [0, 0.1) is 13.8 Å². The van der Waals surface area contributed by atoms with Gasteiger partial charge >= 0.3 is 0 Å². The molecular weight excluding hydrogens is 434 g/mol. The highest BCUT2D eigenvalue weighted by Gasteiger charge is 2.43. The van der Waals surface area contributed by atoms with Crippen LogP contribution in [-0.4, -0.2) is 37.8 Å². The highest BCUT2D eigenvalue weighted by Crippen LogP contribution is 2.47. The number of amides is 1. The molecule has 0 radical (unpaired) electrons. The molecule has 3 N–H and O–H groups in total. The molecule has 2 aromatic carbocycles. The number of furan rings is 1. The molecule has 5 rings (SSSR count). The first-order valence-electron chi connectivity index (χ1n) is 11.1. The van der Waals surface area contributed by atoms with Crippen LogP contribution in [-0.2, 0) is 6.54 Å². The number of nitrogens with zero attached hydrogens (tertiary/aromatic N) is 2. The Bertz CT molecular complexity index is 1370. The highest BCUT2D eigenvalue weighted by atomic mass is 16.5. The van der Waals surface area contributed by atoms with Gasteiger partial charge in [0.1, 0.15) is 22.9 Å². The molecule has 2 aromatic heterocycles. The molecular formula is C26H25N3O5. The first kappa shape index (κ1) is 21.6. The number of carbonyl (C=O) groups excluding carboxylic acids is 1. The Kier molecular flexibility index (Phi) is 5.28. The monoisotopic (exact) mass is 459 g/mol. The van der Waals surface area contributed by atoms with E-state index in [1.165, 1.54) is 0 Å². The second-order valence-electron chi connectivity index (χ2n) is 8.41. The average Bonchev–Trinajstić information content (AvgIpc) is 3.52. The van der Waals surface area contributed by atoms with E-state index in [-0.39, 0.29) is 24.0 Å². The summed E-state index contributed by atoms with van der Waals surface area (Å²) in [5, 5.41) is 28.4. The molecule has 1 aliphatic heterocycles. The van der Waals surface area contributed by atoms with Crippen molar-refractivity contribution < 1.29 is 24.2 Å². The Morgan fingerprint density at radius 1 is 1.18 bits per heavy atom. The number of H-pyrrole nitrogens is 1. The van der Waals surface area contributed by atoms with Crippen LogP contribution in [0.2, 0.25) is 0 Å². The molecule has 0 bridgehead atoms. The SMILES string of the molecule is CCOc1cc(C2c3c(-c4cc(C)cc(C)c4O)n[nH]c3C(=O)N2Cc2ccco2)ccc1O. The number of phenols is 2. The van der Waals surface area contributed by atoms with Gasteiger partial charge in [0, 0.05) is 11.1 Å². The molecule has 0 spiro atoms. The van der Waals surface area contributed by atoms with E-state index in [1.807, 2.05) is 39.0 Å². The van der Waals surface area contributed by atoms with Gasteiger partial charge < -0.3 is 24.3 Å². The first-order valence-corrected chi connectivity index (χ1v) is 11.1. The number of benzene rings is 2. The number of aromatic hydroxyl groups is 2. The molecule has 8 heteroatoms. The molecule has 1 amide bonds. The third-order valence-corrected chi connectivity index (χ3v) is 6.07. The minimum Gasteiger partial charge on any atom is -0.507 e. The van der Waals surface area contributed by atoms with Gasteiger partial charge in [0.25, 0.3) is 5.91 Å². The van der Waals surface area contributed by atoms with Gasteiger partial charge in [-0.2, -0.15) is 5.10 Å². The van der Waals surface area contributed by atoms with E-state index >= 15 is 0 Å². The number of hydrogen-bond donors (Lipinski definition) is 3. The lowest BCUT2D eigenvalue weighted by Gasteiger charge is -2.26. The van der Waals surface area contributed by atoms with Crippen molar-refractivity contribution in [2.24, 2.45) is 0 Å². The maximum absolute atomic E-state index is 13.5. The number of carbonyl (C=O) groups is 1. The number of aromatic nitrogens is 2. The van der Waals surface area contributed by atoms with E-state index in [1.54, 1.807) is 35.4 Å². The van der Waals surface area contributed by atoms with Gasteiger partial charge in [-0.3, -0.25) is 9.89 Å². The number of nitrogens with one attached hydrogen (secondary N) is 1. The zero-order valence-corrected chi connectivity index (χ0v) is 19.1. The summed E-state index contributed by atoms with van der Waals surface area (Å²) in [6, 6.07) is 11.9. The quantitative estimate of drug-likeness (QED) is 0.380. The molecule has 0 fully saturated rings. The van der Waals surface area contributed by atoms with Crippen molar-refractivity contribution in [1.82, 2.24) is 15.1 Å². The van der Waals surface area contributed by atoms with E-state index in [2.05, 4.69) is 10.2 Å². The topological polar surface area (TPSA) is 112 Å². The minimum atomic E-state index is -0.540. The van der Waals surface area contributed by atoms with Crippen LogP contribution in [0.3, 0.4) is 0 Å². The summed E-state index contributed by atoms with van der Waals surface area (Å²) in [6.45, 7) is 6.24. The van der Waals surface area contributed by atoms with Crippen LogP contribution in [0.15, 0.2) is 53.1 Å². The first-order chi connectivity index (χ1) is 16.4. The number of phenolic OH excluding ortho intramolecular Hbond substituents is 2. The zero-order chi connectivity index (χ0) is 24.0. The predicted octanol–water partition coefficient (Wildman–Crippen LogP) is 4.84. The van der Waals surface area contributed by atoms with Crippen LogP contribution in [0.1, 0.15) is 51.5 Å². The van der Waals surface area contributed by atoms with Gasteiger partial charge in [0.05, 0.1) is 25.5 Å². The third-order valence-electron chi connectivity index (χ3n) is 6.07. The molecule has 1 aliphatic rings. The largest absolute Gasteiger partial charge is 0.507 e. The number of ether oxygens (including phenoxy) is 1. The van der Waals surface area contributed by atoms with E-state index in [0.29, 0.717) is 40.6 Å². The van der Waals surface area contributed by atoms with E-state index in [0.717, 1.165) is 16.7 Å². The fourth-order valence-corrected chi connectivity index (χ4v) is 4.59. The van der Waals surface area contributed by atoms with Crippen molar-refractivity contribution in [3.05, 3.63) is 82.4 Å². The van der Waals surface area contributed by atoms with Gasteiger partial charge in [-0.25, -0.2) is 0 Å². The number of rotatable bonds is 6. The van der Waals surface area contributed by atoms with E-state index in [9.17, 15) is 15.0 Å². The maximum Gasteiger partial charge on any atom is 0.273 e. The minimum absolute atomic E-state index is 0.0205. The molecule has 1 unspecified atom stereocenters. The van der Waals surface area contributed by atoms with Gasteiger partial charge in [0.2, 0.25) is 0 Å². The van der Waals surface area contributed by atoms with Crippen molar-refractivity contribution >= 4 is 5.91 Å². The molecule has 0 saturated heterocycles. The summed E-state index contributed by atoms with van der Waals surface area (Å²) in [4.78, 5) is 15.2. The lowest BCUT2D eigenvalue weighted by Crippen LogP contribution is -2.29. The lowest BCUT2D eigenvalue weighted by atomic mass is 9.94. The number of hydrogen-bond acceptors (Lipinski definition) is 6. The van der Waals surface area contributed by atoms with Crippen LogP contribution in [0.5, 0.6) is 17.2 Å². The molecule has 0 saturated carbocycles. The van der Waals surface area contributed by atoms with Gasteiger partial charge in [-0.1, -0.05) is 12.1 Å². The fourth-order valence-electron chi connectivity index (χ4n) is 4.59. The Morgan fingerprint density at radius 2 is 2.00 bits per heavy atom.